The minimum Gasteiger partial charge on any atom is -0.466 e. The minimum atomic E-state index is -0.131. The molecule has 0 N–H and O–H groups in total. The molecule has 3 heteroatoms. The van der Waals surface area contributed by atoms with Gasteiger partial charge >= 0.3 is 5.97 Å². The van der Waals surface area contributed by atoms with Gasteiger partial charge < -0.3 is 9.53 Å². The Morgan fingerprint density at radius 1 is 1.54 bits per heavy atom. The van der Waals surface area contributed by atoms with Crippen molar-refractivity contribution < 1.29 is 14.3 Å². The quantitative estimate of drug-likeness (QED) is 0.493. The van der Waals surface area contributed by atoms with Crippen LogP contribution in [0.5, 0.6) is 0 Å². The van der Waals surface area contributed by atoms with Crippen LogP contribution in [0.3, 0.4) is 0 Å². The van der Waals surface area contributed by atoms with E-state index in [2.05, 4.69) is 0 Å². The molecule has 0 spiro atoms. The van der Waals surface area contributed by atoms with E-state index in [0.717, 1.165) is 25.5 Å². The molecule has 3 nitrogen and oxygen atoms in total. The number of hydrogen-bond donors (Lipinski definition) is 0. The first-order chi connectivity index (χ1) is 6.27. The van der Waals surface area contributed by atoms with E-state index >= 15 is 0 Å². The lowest BCUT2D eigenvalue weighted by molar-refractivity contribution is -0.149. The lowest BCUT2D eigenvalue weighted by Crippen LogP contribution is -2.25. The zero-order valence-electron chi connectivity index (χ0n) is 7.99. The van der Waals surface area contributed by atoms with Crippen LogP contribution in [0, 0.1) is 11.8 Å². The van der Waals surface area contributed by atoms with Crippen LogP contribution in [-0.2, 0) is 14.3 Å². The maximum absolute atomic E-state index is 11.3. The molecule has 0 aromatic heterocycles. The van der Waals surface area contributed by atoms with Gasteiger partial charge in [0.15, 0.2) is 0 Å². The second-order valence-corrected chi connectivity index (χ2v) is 3.51. The summed E-state index contributed by atoms with van der Waals surface area (Å²) in [6.07, 6.45) is 4.42. The van der Waals surface area contributed by atoms with Crippen LogP contribution in [0.1, 0.15) is 32.6 Å². The summed E-state index contributed by atoms with van der Waals surface area (Å²) in [5, 5.41) is 0. The third kappa shape index (κ3) is 2.83. The molecule has 1 aliphatic carbocycles. The average molecular weight is 184 g/mol. The summed E-state index contributed by atoms with van der Waals surface area (Å²) in [6, 6.07) is 0. The Morgan fingerprint density at radius 3 is 2.92 bits per heavy atom. The fraction of sp³-hybridized carbons (Fsp3) is 0.800. The molecule has 0 amide bonds. The number of aldehydes is 1. The molecule has 2 unspecified atom stereocenters. The Balaban J connectivity index is 2.41. The first-order valence-corrected chi connectivity index (χ1v) is 4.89. The molecular weight excluding hydrogens is 168 g/mol. The van der Waals surface area contributed by atoms with Crippen molar-refractivity contribution in [2.24, 2.45) is 11.8 Å². The van der Waals surface area contributed by atoms with Crippen molar-refractivity contribution in [2.75, 3.05) is 6.61 Å². The molecule has 0 heterocycles. The Hall–Kier alpha value is -0.860. The van der Waals surface area contributed by atoms with Gasteiger partial charge in [0.05, 0.1) is 12.5 Å². The fourth-order valence-electron chi connectivity index (χ4n) is 1.83. The molecular formula is C10H16O3. The van der Waals surface area contributed by atoms with Crippen LogP contribution >= 0.6 is 0 Å². The standard InChI is InChI=1S/C10H16O3/c1-2-13-10(12)9-5-3-4-8(6-9)7-11/h7-9H,2-6H2,1H3. The monoisotopic (exact) mass is 184 g/mol. The van der Waals surface area contributed by atoms with Gasteiger partial charge in [-0.2, -0.15) is 0 Å². The van der Waals surface area contributed by atoms with Crippen molar-refractivity contribution in [1.29, 1.82) is 0 Å². The van der Waals surface area contributed by atoms with Crippen molar-refractivity contribution in [3.63, 3.8) is 0 Å². The van der Waals surface area contributed by atoms with E-state index in [1.54, 1.807) is 6.92 Å². The van der Waals surface area contributed by atoms with Crippen LogP contribution < -0.4 is 0 Å². The van der Waals surface area contributed by atoms with Gasteiger partial charge in [-0.15, -0.1) is 0 Å². The topological polar surface area (TPSA) is 43.4 Å². The van der Waals surface area contributed by atoms with Gasteiger partial charge in [0.25, 0.3) is 0 Å². The molecule has 1 aliphatic rings. The summed E-state index contributed by atoms with van der Waals surface area (Å²) < 4.78 is 4.92. The number of hydrogen-bond acceptors (Lipinski definition) is 3. The van der Waals surface area contributed by atoms with E-state index < -0.39 is 0 Å². The summed E-state index contributed by atoms with van der Waals surface area (Å²) in [5.41, 5.74) is 0. The van der Waals surface area contributed by atoms with Crippen LogP contribution in [-0.4, -0.2) is 18.9 Å². The van der Waals surface area contributed by atoms with E-state index in [-0.39, 0.29) is 17.8 Å². The van der Waals surface area contributed by atoms with E-state index in [4.69, 9.17) is 4.74 Å². The third-order valence-corrected chi connectivity index (χ3v) is 2.53. The average Bonchev–Trinajstić information content (AvgIpc) is 2.18. The SMILES string of the molecule is CCOC(=O)C1CCCC(C=O)C1. The smallest absolute Gasteiger partial charge is 0.308 e. The van der Waals surface area contributed by atoms with E-state index in [0.29, 0.717) is 13.0 Å². The van der Waals surface area contributed by atoms with E-state index in [9.17, 15) is 9.59 Å². The van der Waals surface area contributed by atoms with Gasteiger partial charge in [-0.1, -0.05) is 6.42 Å². The molecule has 0 saturated heterocycles. The molecule has 1 saturated carbocycles. The van der Waals surface area contributed by atoms with Crippen molar-refractivity contribution in [3.05, 3.63) is 0 Å². The van der Waals surface area contributed by atoms with Crippen molar-refractivity contribution in [2.45, 2.75) is 32.6 Å². The molecule has 1 fully saturated rings. The van der Waals surface area contributed by atoms with E-state index in [1.807, 2.05) is 0 Å². The minimum absolute atomic E-state index is 0.0381. The Morgan fingerprint density at radius 2 is 2.31 bits per heavy atom. The number of esters is 1. The summed E-state index contributed by atoms with van der Waals surface area (Å²) >= 11 is 0. The number of rotatable bonds is 3. The summed E-state index contributed by atoms with van der Waals surface area (Å²) in [5.74, 6) is -0.0962. The van der Waals surface area contributed by atoms with Gasteiger partial charge in [-0.3, -0.25) is 4.79 Å². The van der Waals surface area contributed by atoms with Gasteiger partial charge in [0, 0.05) is 5.92 Å². The molecule has 1 rings (SSSR count). The maximum atomic E-state index is 11.3. The van der Waals surface area contributed by atoms with Crippen LogP contribution in [0.15, 0.2) is 0 Å². The Kier molecular flexibility index (Phi) is 3.93. The largest absolute Gasteiger partial charge is 0.466 e. The zero-order chi connectivity index (χ0) is 9.68. The molecule has 13 heavy (non-hydrogen) atoms. The van der Waals surface area contributed by atoms with Crippen LogP contribution in [0.25, 0.3) is 0 Å². The summed E-state index contributed by atoms with van der Waals surface area (Å²) in [6.45, 7) is 2.24. The van der Waals surface area contributed by atoms with E-state index in [1.165, 1.54) is 0 Å². The first-order valence-electron chi connectivity index (χ1n) is 4.89. The number of ether oxygens (including phenoxy) is 1. The highest BCUT2D eigenvalue weighted by Gasteiger charge is 2.27. The van der Waals surface area contributed by atoms with Crippen molar-refractivity contribution >= 4 is 12.3 Å². The van der Waals surface area contributed by atoms with Crippen LogP contribution in [0.4, 0.5) is 0 Å². The van der Waals surface area contributed by atoms with Crippen molar-refractivity contribution in [1.82, 2.24) is 0 Å². The second-order valence-electron chi connectivity index (χ2n) is 3.51. The highest BCUT2D eigenvalue weighted by Crippen LogP contribution is 2.28. The first kappa shape index (κ1) is 10.2. The summed E-state index contributed by atoms with van der Waals surface area (Å²) in [4.78, 5) is 21.9. The lowest BCUT2D eigenvalue weighted by Gasteiger charge is -2.23. The second kappa shape index (κ2) is 5.00. The van der Waals surface area contributed by atoms with Gasteiger partial charge in [-0.25, -0.2) is 0 Å². The molecule has 74 valence electrons. The predicted octanol–water partition coefficient (Wildman–Crippen LogP) is 1.55. The lowest BCUT2D eigenvalue weighted by atomic mass is 9.82. The molecule has 0 aliphatic heterocycles. The summed E-state index contributed by atoms with van der Waals surface area (Å²) in [7, 11) is 0. The fourth-order valence-corrected chi connectivity index (χ4v) is 1.83. The van der Waals surface area contributed by atoms with Crippen molar-refractivity contribution in [3.8, 4) is 0 Å². The Labute approximate surface area is 78.5 Å². The third-order valence-electron chi connectivity index (χ3n) is 2.53. The maximum Gasteiger partial charge on any atom is 0.308 e. The Bertz CT molecular complexity index is 189. The molecule has 0 aromatic rings. The number of carbonyl (C=O) groups is 2. The number of carbonyl (C=O) groups excluding carboxylic acids is 2. The normalized spacial score (nSPS) is 28.1. The predicted molar refractivity (Wildman–Crippen MR) is 48.1 cm³/mol. The molecule has 2 atom stereocenters. The van der Waals surface area contributed by atoms with Gasteiger partial charge in [0.1, 0.15) is 6.29 Å². The molecule has 0 aromatic carbocycles. The highest BCUT2D eigenvalue weighted by molar-refractivity contribution is 5.73. The van der Waals surface area contributed by atoms with Crippen LogP contribution in [0.2, 0.25) is 0 Å². The highest BCUT2D eigenvalue weighted by atomic mass is 16.5. The molecule has 0 radical (unpaired) electrons. The van der Waals surface area contributed by atoms with Gasteiger partial charge in [-0.05, 0) is 26.2 Å². The zero-order valence-corrected chi connectivity index (χ0v) is 7.99. The molecule has 0 bridgehead atoms. The van der Waals surface area contributed by atoms with Gasteiger partial charge in [0.2, 0.25) is 0 Å².